The summed E-state index contributed by atoms with van der Waals surface area (Å²) >= 11 is 0. The number of ether oxygens (including phenoxy) is 2. The van der Waals surface area contributed by atoms with Crippen molar-refractivity contribution in [3.63, 3.8) is 0 Å². The first-order chi connectivity index (χ1) is 13.4. The second kappa shape index (κ2) is 8.12. The lowest BCUT2D eigenvalue weighted by Gasteiger charge is -2.11. The largest absolute Gasteiger partial charge is 0.503 e. The second-order valence-electron chi connectivity index (χ2n) is 6.67. The van der Waals surface area contributed by atoms with Gasteiger partial charge in [0.25, 0.3) is 0 Å². The predicted molar refractivity (Wildman–Crippen MR) is 106 cm³/mol. The van der Waals surface area contributed by atoms with E-state index >= 15 is 0 Å². The predicted octanol–water partition coefficient (Wildman–Crippen LogP) is 3.50. The number of fused-ring (bicyclic) bond motifs is 1. The fourth-order valence-corrected chi connectivity index (χ4v) is 2.80. The van der Waals surface area contributed by atoms with E-state index in [-0.39, 0.29) is 12.4 Å². The van der Waals surface area contributed by atoms with E-state index in [1.165, 1.54) is 11.9 Å². The molecule has 0 radical (unpaired) electrons. The quantitative estimate of drug-likeness (QED) is 0.383. The van der Waals surface area contributed by atoms with Crippen molar-refractivity contribution in [3.8, 4) is 17.2 Å². The molecule has 0 saturated carbocycles. The number of carbonyl (C=O) groups is 1. The highest BCUT2D eigenvalue weighted by Gasteiger charge is 2.15. The van der Waals surface area contributed by atoms with Gasteiger partial charge in [0.1, 0.15) is 16.7 Å². The Bertz CT molecular complexity index is 1040. The van der Waals surface area contributed by atoms with Crippen LogP contribution in [0.4, 0.5) is 0 Å². The Labute approximate surface area is 163 Å². The van der Waals surface area contributed by atoms with Gasteiger partial charge in [0.2, 0.25) is 0 Å². The third-order valence-electron chi connectivity index (χ3n) is 4.28. The second-order valence-corrected chi connectivity index (χ2v) is 6.67. The van der Waals surface area contributed by atoms with Crippen LogP contribution in [0.3, 0.4) is 0 Å². The first-order valence-corrected chi connectivity index (χ1v) is 8.95. The number of hydrogen-bond donors (Lipinski definition) is 1. The number of methoxy groups -OCH3 is 1. The number of aromatic hydroxyl groups is 1. The monoisotopic (exact) mass is 381 g/mol. The van der Waals surface area contributed by atoms with Crippen LogP contribution in [0.2, 0.25) is 0 Å². The number of benzene rings is 2. The van der Waals surface area contributed by atoms with Gasteiger partial charge in [-0.05, 0) is 62.1 Å². The normalized spacial score (nSPS) is 10.8. The van der Waals surface area contributed by atoms with E-state index in [1.807, 2.05) is 31.2 Å². The van der Waals surface area contributed by atoms with Gasteiger partial charge in [0, 0.05) is 5.57 Å². The maximum Gasteiger partial charge on any atom is 0.333 e. The fraction of sp³-hybridized carbons (Fsp3) is 0.286. The molecule has 0 aliphatic carbocycles. The minimum atomic E-state index is -0.397. The number of nitrogens with zero attached hydrogens (tertiary/aromatic N) is 3. The molecule has 0 aliphatic heterocycles. The highest BCUT2D eigenvalue weighted by Crippen LogP contribution is 2.34. The van der Waals surface area contributed by atoms with Gasteiger partial charge in [0.05, 0.1) is 13.7 Å². The summed E-state index contributed by atoms with van der Waals surface area (Å²) in [5, 5.41) is 19.5. The third-order valence-corrected chi connectivity index (χ3v) is 4.28. The van der Waals surface area contributed by atoms with Gasteiger partial charge >= 0.3 is 5.97 Å². The van der Waals surface area contributed by atoms with Gasteiger partial charge in [-0.1, -0.05) is 12.6 Å². The Kier molecular flexibility index (Phi) is 5.63. The summed E-state index contributed by atoms with van der Waals surface area (Å²) < 4.78 is 10.4. The van der Waals surface area contributed by atoms with Crippen LogP contribution in [-0.2, 0) is 16.0 Å². The summed E-state index contributed by atoms with van der Waals surface area (Å²) in [6, 6.07) is 9.36. The molecule has 0 fully saturated rings. The Morgan fingerprint density at radius 2 is 1.96 bits per heavy atom. The van der Waals surface area contributed by atoms with Gasteiger partial charge in [-0.15, -0.1) is 15.0 Å². The number of aryl methyl sites for hydroxylation is 2. The molecule has 0 unspecified atom stereocenters. The lowest BCUT2D eigenvalue weighted by atomic mass is 10.1. The van der Waals surface area contributed by atoms with Crippen LogP contribution in [-0.4, -0.2) is 39.8 Å². The molecule has 0 spiro atoms. The Morgan fingerprint density at radius 1 is 1.21 bits per heavy atom. The maximum atomic E-state index is 11.5. The third kappa shape index (κ3) is 4.14. The molecule has 0 amide bonds. The van der Waals surface area contributed by atoms with Crippen molar-refractivity contribution in [2.75, 3.05) is 13.7 Å². The van der Waals surface area contributed by atoms with E-state index in [1.54, 1.807) is 13.0 Å². The zero-order valence-electron chi connectivity index (χ0n) is 16.2. The Hall–Kier alpha value is -3.35. The smallest absolute Gasteiger partial charge is 0.333 e. The number of hydrogen-bond acceptors (Lipinski definition) is 6. The van der Waals surface area contributed by atoms with Crippen LogP contribution < -0.4 is 4.74 Å². The minimum absolute atomic E-state index is 0.0306. The molecular weight excluding hydrogens is 358 g/mol. The SMILES string of the molecule is C=C(C)C(=O)OCCCc1cc(OC)c(O)c(-n2nc3ccc(C)cc3n2)c1. The number of rotatable bonds is 7. The summed E-state index contributed by atoms with van der Waals surface area (Å²) in [4.78, 5) is 12.9. The number of phenolic OH excluding ortho intramolecular Hbond substituents is 1. The molecule has 7 nitrogen and oxygen atoms in total. The summed E-state index contributed by atoms with van der Waals surface area (Å²) in [7, 11) is 1.49. The van der Waals surface area contributed by atoms with Crippen molar-refractivity contribution in [2.24, 2.45) is 0 Å². The molecule has 28 heavy (non-hydrogen) atoms. The van der Waals surface area contributed by atoms with Crippen molar-refractivity contribution in [1.29, 1.82) is 0 Å². The van der Waals surface area contributed by atoms with E-state index < -0.39 is 5.97 Å². The number of esters is 1. The number of aromatic nitrogens is 3. The van der Waals surface area contributed by atoms with Crippen LogP contribution in [0.5, 0.6) is 11.5 Å². The highest BCUT2D eigenvalue weighted by molar-refractivity contribution is 5.86. The van der Waals surface area contributed by atoms with Gasteiger partial charge < -0.3 is 14.6 Å². The molecule has 3 aromatic rings. The highest BCUT2D eigenvalue weighted by atomic mass is 16.5. The van der Waals surface area contributed by atoms with Crippen molar-refractivity contribution < 1.29 is 19.4 Å². The zero-order chi connectivity index (χ0) is 20.3. The maximum absolute atomic E-state index is 11.5. The lowest BCUT2D eigenvalue weighted by Crippen LogP contribution is -2.07. The Balaban J connectivity index is 1.85. The van der Waals surface area contributed by atoms with E-state index in [2.05, 4.69) is 16.8 Å². The van der Waals surface area contributed by atoms with E-state index in [0.29, 0.717) is 29.9 Å². The van der Waals surface area contributed by atoms with Crippen molar-refractivity contribution >= 4 is 17.0 Å². The summed E-state index contributed by atoms with van der Waals surface area (Å²) in [5.41, 5.74) is 4.28. The molecule has 0 bridgehead atoms. The molecule has 1 N–H and O–H groups in total. The van der Waals surface area contributed by atoms with Gasteiger partial charge in [-0.25, -0.2) is 4.79 Å². The van der Waals surface area contributed by atoms with Crippen LogP contribution in [0, 0.1) is 6.92 Å². The van der Waals surface area contributed by atoms with E-state index in [9.17, 15) is 9.90 Å². The standard InChI is InChI=1S/C21H23N3O4/c1-13(2)21(26)28-9-5-6-15-11-18(20(25)19(12-15)27-4)24-22-16-8-7-14(3)10-17(16)23-24/h7-8,10-12,25H,1,5-6,9H2,2-4H3. The first kappa shape index (κ1) is 19.4. The Morgan fingerprint density at radius 3 is 2.68 bits per heavy atom. The molecule has 146 valence electrons. The average Bonchev–Trinajstić information content (AvgIpc) is 3.08. The topological polar surface area (TPSA) is 86.5 Å². The molecule has 1 heterocycles. The molecule has 0 atom stereocenters. The summed E-state index contributed by atoms with van der Waals surface area (Å²) in [6.07, 6.45) is 1.26. The minimum Gasteiger partial charge on any atom is -0.503 e. The van der Waals surface area contributed by atoms with E-state index in [0.717, 1.165) is 22.2 Å². The first-order valence-electron chi connectivity index (χ1n) is 8.95. The molecule has 3 rings (SSSR count). The lowest BCUT2D eigenvalue weighted by molar-refractivity contribution is -0.139. The van der Waals surface area contributed by atoms with Crippen molar-refractivity contribution in [2.45, 2.75) is 26.7 Å². The van der Waals surface area contributed by atoms with Crippen LogP contribution in [0.25, 0.3) is 16.7 Å². The van der Waals surface area contributed by atoms with E-state index in [4.69, 9.17) is 9.47 Å². The summed E-state index contributed by atoms with van der Waals surface area (Å²) in [6.45, 7) is 7.44. The van der Waals surface area contributed by atoms with Crippen LogP contribution in [0.1, 0.15) is 24.5 Å². The van der Waals surface area contributed by atoms with Crippen molar-refractivity contribution in [3.05, 3.63) is 53.6 Å². The van der Waals surface area contributed by atoms with Gasteiger partial charge in [0.15, 0.2) is 11.5 Å². The fourth-order valence-electron chi connectivity index (χ4n) is 2.80. The summed E-state index contributed by atoms with van der Waals surface area (Å²) in [5.74, 6) is -0.0901. The molecule has 0 saturated heterocycles. The molecule has 1 aromatic heterocycles. The van der Waals surface area contributed by atoms with Crippen LogP contribution in [0.15, 0.2) is 42.5 Å². The van der Waals surface area contributed by atoms with Crippen LogP contribution >= 0.6 is 0 Å². The van der Waals surface area contributed by atoms with Gasteiger partial charge in [-0.3, -0.25) is 0 Å². The molecule has 7 heteroatoms. The molecule has 0 aliphatic rings. The van der Waals surface area contributed by atoms with Gasteiger partial charge in [-0.2, -0.15) is 0 Å². The average molecular weight is 381 g/mol. The van der Waals surface area contributed by atoms with Crippen molar-refractivity contribution in [1.82, 2.24) is 15.0 Å². The molecule has 2 aromatic carbocycles. The number of carbonyl (C=O) groups excluding carboxylic acids is 1. The molecular formula is C21H23N3O4. The zero-order valence-corrected chi connectivity index (χ0v) is 16.2. The number of phenols is 1.